The van der Waals surface area contributed by atoms with Gasteiger partial charge >= 0.3 is 0 Å². The maximum absolute atomic E-state index is 10.7. The fourth-order valence-corrected chi connectivity index (χ4v) is 1.53. The molecule has 0 unspecified atom stereocenters. The second-order valence-electron chi connectivity index (χ2n) is 2.81. The van der Waals surface area contributed by atoms with Gasteiger partial charge in [0.15, 0.2) is 5.12 Å². The lowest BCUT2D eigenvalue weighted by Gasteiger charge is -2.02. The fourth-order valence-electron chi connectivity index (χ4n) is 0.974. The summed E-state index contributed by atoms with van der Waals surface area (Å²) in [6.45, 7) is 1.53. The van der Waals surface area contributed by atoms with Gasteiger partial charge in [-0.25, -0.2) is 4.98 Å². The number of aromatic nitrogens is 2. The molecular formula is C10H11ClN2O2S. The summed E-state index contributed by atoms with van der Waals surface area (Å²) in [4.78, 5) is 18.4. The average Bonchev–Trinajstić information content (AvgIpc) is 2.25. The summed E-state index contributed by atoms with van der Waals surface area (Å²) >= 11 is 6.86. The van der Waals surface area contributed by atoms with Crippen molar-refractivity contribution in [1.82, 2.24) is 9.97 Å². The molecule has 0 fully saturated rings. The van der Waals surface area contributed by atoms with Crippen molar-refractivity contribution >= 4 is 34.6 Å². The van der Waals surface area contributed by atoms with E-state index in [9.17, 15) is 4.79 Å². The number of nitrogens with zero attached hydrogens (tertiary/aromatic N) is 2. The molecule has 1 heterocycles. The molecule has 0 bridgehead atoms. The third-order valence-corrected chi connectivity index (χ3v) is 2.57. The van der Waals surface area contributed by atoms with E-state index >= 15 is 0 Å². The minimum Gasteiger partial charge on any atom is -0.480 e. The van der Waals surface area contributed by atoms with Gasteiger partial charge < -0.3 is 4.74 Å². The Morgan fingerprint density at radius 3 is 3.06 bits per heavy atom. The first-order valence-corrected chi connectivity index (χ1v) is 5.86. The Morgan fingerprint density at radius 2 is 2.44 bits per heavy atom. The van der Waals surface area contributed by atoms with Crippen LogP contribution in [0.3, 0.4) is 0 Å². The smallest absolute Gasteiger partial charge is 0.225 e. The zero-order valence-corrected chi connectivity index (χ0v) is 10.5. The third-order valence-electron chi connectivity index (χ3n) is 1.62. The molecule has 1 aromatic rings. The molecule has 4 nitrogen and oxygen atoms in total. The van der Waals surface area contributed by atoms with Crippen molar-refractivity contribution in [2.45, 2.75) is 6.92 Å². The van der Waals surface area contributed by atoms with Gasteiger partial charge in [-0.2, -0.15) is 4.98 Å². The van der Waals surface area contributed by atoms with Crippen LogP contribution in [0.1, 0.15) is 12.5 Å². The van der Waals surface area contributed by atoms with Crippen LogP contribution < -0.4 is 4.74 Å². The number of hydrogen-bond acceptors (Lipinski definition) is 5. The summed E-state index contributed by atoms with van der Waals surface area (Å²) in [5.41, 5.74) is 0.732. The number of ether oxygens (including phenoxy) is 1. The highest BCUT2D eigenvalue weighted by Gasteiger charge is 2.02. The molecule has 0 radical (unpaired) electrons. The van der Waals surface area contributed by atoms with Crippen molar-refractivity contribution in [3.05, 3.63) is 23.1 Å². The van der Waals surface area contributed by atoms with Crippen molar-refractivity contribution < 1.29 is 9.53 Å². The van der Waals surface area contributed by atoms with E-state index in [1.165, 1.54) is 25.8 Å². The molecule has 0 amide bonds. The SMILES string of the molecule is COc1nc(Cl)ncc1C=CCSC(C)=O. The number of carbonyl (C=O) groups is 1. The van der Waals surface area contributed by atoms with Gasteiger partial charge in [-0.05, 0) is 11.6 Å². The molecule has 0 N–H and O–H groups in total. The predicted octanol–water partition coefficient (Wildman–Crippen LogP) is 2.43. The molecule has 0 atom stereocenters. The Morgan fingerprint density at radius 1 is 1.69 bits per heavy atom. The highest BCUT2D eigenvalue weighted by atomic mass is 35.5. The number of carbonyl (C=O) groups excluding carboxylic acids is 1. The number of thioether (sulfide) groups is 1. The van der Waals surface area contributed by atoms with Crippen LogP contribution in [-0.4, -0.2) is 27.9 Å². The molecule has 16 heavy (non-hydrogen) atoms. The molecule has 0 spiro atoms. The van der Waals surface area contributed by atoms with Crippen molar-refractivity contribution in [1.29, 1.82) is 0 Å². The number of rotatable bonds is 4. The van der Waals surface area contributed by atoms with E-state index < -0.39 is 0 Å². The van der Waals surface area contributed by atoms with Crippen molar-refractivity contribution in [3.8, 4) is 5.88 Å². The van der Waals surface area contributed by atoms with Crippen LogP contribution in [0.5, 0.6) is 5.88 Å². The second-order valence-corrected chi connectivity index (χ2v) is 4.34. The molecule has 0 aliphatic heterocycles. The van der Waals surface area contributed by atoms with Crippen molar-refractivity contribution in [3.63, 3.8) is 0 Å². The molecule has 0 aromatic carbocycles. The Balaban J connectivity index is 2.69. The van der Waals surface area contributed by atoms with Crippen LogP contribution in [0, 0.1) is 0 Å². The average molecular weight is 259 g/mol. The van der Waals surface area contributed by atoms with E-state index in [4.69, 9.17) is 16.3 Å². The van der Waals surface area contributed by atoms with E-state index in [-0.39, 0.29) is 10.4 Å². The van der Waals surface area contributed by atoms with Crippen LogP contribution in [0.25, 0.3) is 6.08 Å². The van der Waals surface area contributed by atoms with Gasteiger partial charge in [0.2, 0.25) is 11.2 Å². The first-order valence-electron chi connectivity index (χ1n) is 4.50. The molecule has 0 saturated heterocycles. The first kappa shape index (κ1) is 13.0. The minimum atomic E-state index is 0.0870. The standard InChI is InChI=1S/C10H11ClN2O2S/c1-7(14)16-5-3-4-8-6-12-10(11)13-9(8)15-2/h3-4,6H,5H2,1-2H3. The Kier molecular flexibility index (Phi) is 5.28. The summed E-state index contributed by atoms with van der Waals surface area (Å²) in [6, 6.07) is 0. The lowest BCUT2D eigenvalue weighted by molar-refractivity contribution is -0.109. The maximum Gasteiger partial charge on any atom is 0.225 e. The second kappa shape index (κ2) is 6.50. The minimum absolute atomic E-state index is 0.0870. The molecule has 1 rings (SSSR count). The summed E-state index contributed by atoms with van der Waals surface area (Å²) in [5, 5.41) is 0.232. The van der Waals surface area contributed by atoms with Gasteiger partial charge in [-0.15, -0.1) is 0 Å². The largest absolute Gasteiger partial charge is 0.480 e. The number of hydrogen-bond donors (Lipinski definition) is 0. The first-order chi connectivity index (χ1) is 7.63. The third kappa shape index (κ3) is 4.20. The van der Waals surface area contributed by atoms with E-state index in [0.717, 1.165) is 5.56 Å². The molecule has 1 aromatic heterocycles. The highest BCUT2D eigenvalue weighted by molar-refractivity contribution is 8.13. The highest BCUT2D eigenvalue weighted by Crippen LogP contribution is 2.17. The van der Waals surface area contributed by atoms with Gasteiger partial charge in [0, 0.05) is 18.9 Å². The summed E-state index contributed by atoms with van der Waals surface area (Å²) < 4.78 is 5.04. The van der Waals surface area contributed by atoms with E-state index in [1.54, 1.807) is 12.3 Å². The summed E-state index contributed by atoms with van der Waals surface area (Å²) in [6.07, 6.45) is 5.22. The van der Waals surface area contributed by atoms with Gasteiger partial charge in [0.05, 0.1) is 12.7 Å². The summed E-state index contributed by atoms with van der Waals surface area (Å²) in [5.74, 6) is 1.03. The normalized spacial score (nSPS) is 10.7. The topological polar surface area (TPSA) is 52.1 Å². The van der Waals surface area contributed by atoms with Crippen LogP contribution >= 0.6 is 23.4 Å². The van der Waals surface area contributed by atoms with E-state index in [1.807, 2.05) is 6.08 Å². The maximum atomic E-state index is 10.7. The zero-order valence-electron chi connectivity index (χ0n) is 8.94. The van der Waals surface area contributed by atoms with Crippen LogP contribution in [-0.2, 0) is 4.79 Å². The molecular weight excluding hydrogens is 248 g/mol. The van der Waals surface area contributed by atoms with Gasteiger partial charge in [-0.1, -0.05) is 23.9 Å². The number of halogens is 1. The van der Waals surface area contributed by atoms with Gasteiger partial charge in [-0.3, -0.25) is 4.79 Å². The van der Waals surface area contributed by atoms with Gasteiger partial charge in [0.25, 0.3) is 0 Å². The lowest BCUT2D eigenvalue weighted by Crippen LogP contribution is -1.93. The zero-order chi connectivity index (χ0) is 12.0. The van der Waals surface area contributed by atoms with Gasteiger partial charge in [0.1, 0.15) is 0 Å². The van der Waals surface area contributed by atoms with Crippen molar-refractivity contribution in [2.75, 3.05) is 12.9 Å². The summed E-state index contributed by atoms with van der Waals surface area (Å²) in [7, 11) is 1.51. The quantitative estimate of drug-likeness (QED) is 0.777. The molecule has 86 valence electrons. The number of methoxy groups -OCH3 is 1. The Bertz CT molecular complexity index is 410. The predicted molar refractivity (Wildman–Crippen MR) is 65.8 cm³/mol. The molecule has 6 heteroatoms. The van der Waals surface area contributed by atoms with E-state index in [2.05, 4.69) is 9.97 Å². The Hall–Kier alpha value is -1.07. The Labute approximate surface area is 103 Å². The van der Waals surface area contributed by atoms with Crippen LogP contribution in [0.4, 0.5) is 0 Å². The van der Waals surface area contributed by atoms with Crippen molar-refractivity contribution in [2.24, 2.45) is 0 Å². The van der Waals surface area contributed by atoms with E-state index in [0.29, 0.717) is 11.6 Å². The monoisotopic (exact) mass is 258 g/mol. The van der Waals surface area contributed by atoms with Crippen LogP contribution in [0.2, 0.25) is 5.28 Å². The molecule has 0 aliphatic carbocycles. The molecule has 0 saturated carbocycles. The fraction of sp³-hybridized carbons (Fsp3) is 0.300. The lowest BCUT2D eigenvalue weighted by atomic mass is 10.3. The molecule has 0 aliphatic rings. The van der Waals surface area contributed by atoms with Crippen LogP contribution in [0.15, 0.2) is 12.3 Å².